The summed E-state index contributed by atoms with van der Waals surface area (Å²) in [5.41, 5.74) is 4.24. The summed E-state index contributed by atoms with van der Waals surface area (Å²) in [7, 11) is 4.70. The first-order valence-corrected chi connectivity index (χ1v) is 13.4. The minimum atomic E-state index is -0.709. The maximum absolute atomic E-state index is 13.9. The lowest BCUT2D eigenvalue weighted by atomic mass is 9.71. The number of carbonyl (C=O) groups excluding carboxylic acids is 2. The maximum atomic E-state index is 13.9. The molecule has 0 saturated carbocycles. The average Bonchev–Trinajstić information content (AvgIpc) is 3.00. The van der Waals surface area contributed by atoms with Gasteiger partial charge in [-0.3, -0.25) is 19.7 Å². The zero-order valence-electron chi connectivity index (χ0n) is 23.7. The fraction of sp³-hybridized carbons (Fsp3) is 0.250. The van der Waals surface area contributed by atoms with Crippen LogP contribution in [0.1, 0.15) is 42.7 Å². The Morgan fingerprint density at radius 2 is 1.57 bits per heavy atom. The number of nitro benzene ring substituents is 1. The number of benzene rings is 3. The number of carbonyl (C=O) groups is 2. The Labute approximate surface area is 243 Å². The molecule has 1 aliphatic heterocycles. The van der Waals surface area contributed by atoms with Crippen molar-refractivity contribution in [2.45, 2.75) is 31.6 Å². The number of nitrogens with zero attached hydrogens (tertiary/aromatic N) is 1. The first-order valence-electron chi connectivity index (χ1n) is 13.4. The van der Waals surface area contributed by atoms with E-state index in [0.29, 0.717) is 51.8 Å². The number of ether oxygens (including phenoxy) is 3. The second-order valence-corrected chi connectivity index (χ2v) is 10.2. The zero-order chi connectivity index (χ0) is 30.0. The summed E-state index contributed by atoms with van der Waals surface area (Å²) in [5, 5.41) is 17.6. The smallest absolute Gasteiger partial charge is 0.269 e. The van der Waals surface area contributed by atoms with Gasteiger partial charge < -0.3 is 24.8 Å². The van der Waals surface area contributed by atoms with Gasteiger partial charge in [-0.1, -0.05) is 18.2 Å². The van der Waals surface area contributed by atoms with Crippen LogP contribution in [0.4, 0.5) is 11.4 Å². The summed E-state index contributed by atoms with van der Waals surface area (Å²) < 4.78 is 16.1. The Kier molecular flexibility index (Phi) is 7.97. The van der Waals surface area contributed by atoms with Crippen molar-refractivity contribution < 1.29 is 28.7 Å². The Morgan fingerprint density at radius 3 is 2.19 bits per heavy atom. The van der Waals surface area contributed by atoms with E-state index in [4.69, 9.17) is 14.2 Å². The molecule has 0 radical (unpaired) electrons. The molecule has 2 N–H and O–H groups in total. The number of hydrogen-bond acceptors (Lipinski definition) is 8. The van der Waals surface area contributed by atoms with E-state index in [0.717, 1.165) is 11.3 Å². The summed E-state index contributed by atoms with van der Waals surface area (Å²) >= 11 is 0. The minimum absolute atomic E-state index is 0.0738. The highest BCUT2D eigenvalue weighted by molar-refractivity contribution is 6.10. The van der Waals surface area contributed by atoms with Crippen LogP contribution in [-0.4, -0.2) is 37.9 Å². The molecular formula is C32H31N3O7. The van der Waals surface area contributed by atoms with Gasteiger partial charge in [-0.25, -0.2) is 0 Å². The summed E-state index contributed by atoms with van der Waals surface area (Å²) in [6.45, 7) is 1.80. The standard InChI is InChI=1S/C32H31N3O7/c1-18-29(32(37)34-22-8-12-24(40-2)13-9-22)30(19-5-10-23(11-6-19)35(38)39)31-25(33-18)15-21(16-26(31)36)20-7-14-27(41-3)28(17-20)42-4/h5-14,17,21,30,33H,15-16H2,1-4H3,(H,34,37)/t21-,30+/m1/s1. The SMILES string of the molecule is COc1ccc(NC(=O)C2=C(C)NC3=C(C(=O)C[C@H](c4ccc(OC)c(OC)c4)C3)[C@H]2c2ccc([N+](=O)[O-])cc2)cc1. The number of ketones is 1. The Balaban J connectivity index is 1.54. The van der Waals surface area contributed by atoms with Gasteiger partial charge >= 0.3 is 0 Å². The molecular weight excluding hydrogens is 538 g/mol. The molecule has 42 heavy (non-hydrogen) atoms. The molecule has 3 aromatic carbocycles. The Hall–Kier alpha value is -5.12. The van der Waals surface area contributed by atoms with Gasteiger partial charge in [0.15, 0.2) is 17.3 Å². The maximum Gasteiger partial charge on any atom is 0.269 e. The van der Waals surface area contributed by atoms with Crippen molar-refractivity contribution in [3.63, 3.8) is 0 Å². The average molecular weight is 570 g/mol. The van der Waals surface area contributed by atoms with Crippen molar-refractivity contribution >= 4 is 23.1 Å². The van der Waals surface area contributed by atoms with Crippen molar-refractivity contribution in [1.29, 1.82) is 0 Å². The van der Waals surface area contributed by atoms with E-state index in [1.165, 1.54) is 12.1 Å². The number of amides is 1. The lowest BCUT2D eigenvalue weighted by Gasteiger charge is -2.37. The van der Waals surface area contributed by atoms with Crippen molar-refractivity contribution in [2.24, 2.45) is 0 Å². The molecule has 3 aromatic rings. The van der Waals surface area contributed by atoms with Crippen molar-refractivity contribution in [3.05, 3.63) is 111 Å². The molecule has 10 heteroatoms. The quantitative estimate of drug-likeness (QED) is 0.264. The molecule has 216 valence electrons. The van der Waals surface area contributed by atoms with Gasteiger partial charge in [0.25, 0.3) is 11.6 Å². The fourth-order valence-electron chi connectivity index (χ4n) is 5.68. The monoisotopic (exact) mass is 569 g/mol. The number of nitro groups is 1. The van der Waals surface area contributed by atoms with Gasteiger partial charge in [-0.2, -0.15) is 0 Å². The predicted molar refractivity (Wildman–Crippen MR) is 157 cm³/mol. The van der Waals surface area contributed by atoms with Crippen LogP contribution >= 0.6 is 0 Å². The van der Waals surface area contributed by atoms with Gasteiger partial charge in [0.1, 0.15) is 5.75 Å². The normalized spacial score (nSPS) is 18.1. The van der Waals surface area contributed by atoms with Crippen LogP contribution in [0.25, 0.3) is 0 Å². The molecule has 0 aromatic heterocycles. The summed E-state index contributed by atoms with van der Waals surface area (Å²) in [6, 6.07) is 18.6. The molecule has 5 rings (SSSR count). The molecule has 2 aliphatic rings. The van der Waals surface area contributed by atoms with Gasteiger partial charge in [0.2, 0.25) is 0 Å². The lowest BCUT2D eigenvalue weighted by molar-refractivity contribution is -0.384. The van der Waals surface area contributed by atoms with Crippen LogP contribution < -0.4 is 24.8 Å². The third-order valence-electron chi connectivity index (χ3n) is 7.74. The van der Waals surface area contributed by atoms with Gasteiger partial charge in [-0.15, -0.1) is 0 Å². The van der Waals surface area contributed by atoms with Crippen molar-refractivity contribution in [3.8, 4) is 17.2 Å². The fourth-order valence-corrected chi connectivity index (χ4v) is 5.68. The Bertz CT molecular complexity index is 1610. The molecule has 2 atom stereocenters. The minimum Gasteiger partial charge on any atom is -0.497 e. The number of methoxy groups -OCH3 is 3. The van der Waals surface area contributed by atoms with Crippen LogP contribution in [-0.2, 0) is 9.59 Å². The third-order valence-corrected chi connectivity index (χ3v) is 7.74. The highest BCUT2D eigenvalue weighted by atomic mass is 16.6. The number of anilines is 1. The third kappa shape index (κ3) is 5.43. The van der Waals surface area contributed by atoms with Crippen LogP contribution in [0.15, 0.2) is 89.3 Å². The van der Waals surface area contributed by atoms with Gasteiger partial charge in [0, 0.05) is 52.7 Å². The molecule has 0 fully saturated rings. The summed E-state index contributed by atoms with van der Waals surface area (Å²) in [6.07, 6.45) is 0.761. The number of nitrogens with one attached hydrogen (secondary N) is 2. The molecule has 1 aliphatic carbocycles. The number of rotatable bonds is 8. The Morgan fingerprint density at radius 1 is 0.905 bits per heavy atom. The van der Waals surface area contributed by atoms with E-state index < -0.39 is 10.8 Å². The predicted octanol–water partition coefficient (Wildman–Crippen LogP) is 5.62. The first-order chi connectivity index (χ1) is 20.2. The molecule has 1 heterocycles. The van der Waals surface area contributed by atoms with Crippen LogP contribution in [0, 0.1) is 10.1 Å². The number of Topliss-reactive ketones (excluding diaryl/α,β-unsaturated/α-hetero) is 1. The van der Waals surface area contributed by atoms with Crippen LogP contribution in [0.2, 0.25) is 0 Å². The number of non-ortho nitro benzene ring substituents is 1. The van der Waals surface area contributed by atoms with E-state index in [1.807, 2.05) is 18.2 Å². The van der Waals surface area contributed by atoms with Crippen molar-refractivity contribution in [2.75, 3.05) is 26.6 Å². The van der Waals surface area contributed by atoms with Crippen LogP contribution in [0.3, 0.4) is 0 Å². The second kappa shape index (κ2) is 11.8. The molecule has 0 unspecified atom stereocenters. The lowest BCUT2D eigenvalue weighted by Crippen LogP contribution is -2.37. The highest BCUT2D eigenvalue weighted by Gasteiger charge is 2.41. The largest absolute Gasteiger partial charge is 0.497 e. The van der Waals surface area contributed by atoms with E-state index >= 15 is 0 Å². The van der Waals surface area contributed by atoms with E-state index in [2.05, 4.69) is 10.6 Å². The van der Waals surface area contributed by atoms with Crippen molar-refractivity contribution in [1.82, 2.24) is 5.32 Å². The number of hydrogen-bond donors (Lipinski definition) is 2. The first kappa shape index (κ1) is 28.4. The molecule has 0 saturated heterocycles. The molecule has 0 bridgehead atoms. The second-order valence-electron chi connectivity index (χ2n) is 10.2. The molecule has 0 spiro atoms. The highest BCUT2D eigenvalue weighted by Crippen LogP contribution is 2.46. The van der Waals surface area contributed by atoms with E-state index in [1.54, 1.807) is 64.7 Å². The van der Waals surface area contributed by atoms with E-state index in [9.17, 15) is 19.7 Å². The molecule has 1 amide bonds. The van der Waals surface area contributed by atoms with Gasteiger partial charge in [-0.05, 0) is 66.8 Å². The van der Waals surface area contributed by atoms with E-state index in [-0.39, 0.29) is 29.7 Å². The zero-order valence-corrected chi connectivity index (χ0v) is 23.7. The number of dihydropyridines is 1. The summed E-state index contributed by atoms with van der Waals surface area (Å²) in [4.78, 5) is 38.6. The topological polar surface area (TPSA) is 129 Å². The summed E-state index contributed by atoms with van der Waals surface area (Å²) in [5.74, 6) is 0.518. The van der Waals surface area contributed by atoms with Gasteiger partial charge in [0.05, 0.1) is 26.3 Å². The number of allylic oxidation sites excluding steroid dienone is 3. The van der Waals surface area contributed by atoms with Crippen LogP contribution in [0.5, 0.6) is 17.2 Å². The molecule has 10 nitrogen and oxygen atoms in total.